The van der Waals surface area contributed by atoms with Gasteiger partial charge >= 0.3 is 0 Å². The zero-order valence-electron chi connectivity index (χ0n) is 82.0. The predicted molar refractivity (Wildman–Crippen MR) is 617 cm³/mol. The Kier molecular flexibility index (Phi) is 22.2. The summed E-state index contributed by atoms with van der Waals surface area (Å²) in [5.74, 6) is 3.39. The molecular weight excluding hydrogens is 1880 g/mol. The zero-order valence-corrected chi connectivity index (χ0v) is 83.9. The van der Waals surface area contributed by atoms with Crippen LogP contribution in [0.4, 0.5) is 85.3 Å². The van der Waals surface area contributed by atoms with Crippen molar-refractivity contribution >= 4 is 224 Å². The molecule has 5 aliphatic heterocycles. The molecule has 0 amide bonds. The van der Waals surface area contributed by atoms with E-state index in [1.165, 1.54) is 109 Å². The minimum Gasteiger partial charge on any atom is -0.453 e. The lowest BCUT2D eigenvalue weighted by Crippen LogP contribution is -2.58. The highest BCUT2D eigenvalue weighted by molar-refractivity contribution is 7.99. The van der Waals surface area contributed by atoms with Gasteiger partial charge in [0.2, 0.25) is 0 Å². The molecule has 5 aliphatic rings. The Labute approximate surface area is 870 Å². The Hall–Kier alpha value is -19.2. The normalized spacial score (nSPS) is 13.3. The highest BCUT2D eigenvalue weighted by Gasteiger charge is 2.41. The van der Waals surface area contributed by atoms with Crippen LogP contribution in [0.15, 0.2) is 491 Å². The van der Waals surface area contributed by atoms with E-state index in [0.717, 1.165) is 150 Å². The van der Waals surface area contributed by atoms with Crippen molar-refractivity contribution in [3.63, 3.8) is 0 Å². The molecule has 0 N–H and O–H groups in total. The monoisotopic (exact) mass is 1970 g/mol. The first-order chi connectivity index (χ1) is 74.0. The third kappa shape index (κ3) is 15.3. The third-order valence-electron chi connectivity index (χ3n) is 29.5. The molecule has 21 aromatic carbocycles. The van der Waals surface area contributed by atoms with Gasteiger partial charge in [0, 0.05) is 112 Å². The zero-order chi connectivity index (χ0) is 100. The molecule has 0 saturated heterocycles. The van der Waals surface area contributed by atoms with E-state index < -0.39 is 8.07 Å². The number of para-hydroxylation sites is 14. The van der Waals surface area contributed by atoms with Gasteiger partial charge in [0.05, 0.1) is 95.8 Å². The van der Waals surface area contributed by atoms with Crippen LogP contribution >= 0.6 is 11.8 Å². The number of hydrogen-bond donors (Lipinski definition) is 0. The maximum atomic E-state index is 6.16. The van der Waals surface area contributed by atoms with E-state index in [9.17, 15) is 0 Å². The van der Waals surface area contributed by atoms with Crippen molar-refractivity contribution < 1.29 is 9.47 Å². The quantitative estimate of drug-likeness (QED) is 0.114. The second-order valence-electron chi connectivity index (χ2n) is 38.7. The molecule has 0 atom stereocenters. The van der Waals surface area contributed by atoms with E-state index in [-0.39, 0.29) is 5.41 Å². The van der Waals surface area contributed by atoms with E-state index in [0.29, 0.717) is 0 Å². The average molecular weight is 1970 g/mol. The number of benzene rings is 21. The average Bonchev–Trinajstić information content (AvgIpc) is 0.714. The third-order valence-corrected chi connectivity index (χ3v) is 34.2. The fourth-order valence-electron chi connectivity index (χ4n) is 22.6. The molecule has 0 saturated carbocycles. The second kappa shape index (κ2) is 37.1. The van der Waals surface area contributed by atoms with Gasteiger partial charge in [-0.2, -0.15) is 0 Å². The first-order valence-electron chi connectivity index (χ1n) is 50.1. The summed E-state index contributed by atoms with van der Waals surface area (Å²) >= 11 is 1.82. The van der Waals surface area contributed by atoms with Crippen LogP contribution in [0.25, 0.3) is 120 Å². The van der Waals surface area contributed by atoms with Crippen molar-refractivity contribution in [3.05, 3.63) is 492 Å². The van der Waals surface area contributed by atoms with Crippen LogP contribution in [0.5, 0.6) is 23.0 Å². The summed E-state index contributed by atoms with van der Waals surface area (Å²) in [7, 11) is -1.79. The van der Waals surface area contributed by atoms with E-state index in [2.05, 4.69) is 447 Å². The number of hydrogen-bond acceptors (Lipinski definition) is 18. The lowest BCUT2D eigenvalue weighted by atomic mass is 9.73. The summed E-state index contributed by atoms with van der Waals surface area (Å²) in [6, 6.07) is 147. The van der Waals surface area contributed by atoms with Gasteiger partial charge < -0.3 is 34.0 Å². The lowest BCUT2D eigenvalue weighted by Gasteiger charge is -2.42. The number of fused-ring (bicyclic) bond motifs is 25. The van der Waals surface area contributed by atoms with Crippen molar-refractivity contribution in [1.82, 2.24) is 49.8 Å². The lowest BCUT2D eigenvalue weighted by molar-refractivity contribution is 0.477. The minimum absolute atomic E-state index is 0.0709. The minimum atomic E-state index is -1.79. The molecule has 150 heavy (non-hydrogen) atoms. The molecule has 712 valence electrons. The van der Waals surface area contributed by atoms with Gasteiger partial charge in [0.1, 0.15) is 39.7 Å². The molecule has 0 radical (unpaired) electrons. The number of anilines is 15. The van der Waals surface area contributed by atoms with E-state index >= 15 is 0 Å². The number of ether oxygens (including phenoxy) is 2. The van der Waals surface area contributed by atoms with Gasteiger partial charge in [-0.1, -0.05) is 318 Å². The second-order valence-corrected chi connectivity index (χ2v) is 44.1. The Balaban J connectivity index is 0.0000000923. The topological polar surface area (TPSA) is 164 Å². The van der Waals surface area contributed by atoms with Crippen LogP contribution in [-0.2, 0) is 5.41 Å². The fraction of sp³-hybridized carbons (Fsp3) is 0.0382. The summed E-state index contributed by atoms with van der Waals surface area (Å²) in [5, 5.41) is 20.1. The molecule has 17 nitrogen and oxygen atoms in total. The summed E-state index contributed by atoms with van der Waals surface area (Å²) in [6.45, 7) is 9.53. The SMILES string of the molecule is CC1(C)c2ccccc2N(c2cc3ncncc3c3ccccc23)c2ccccc21.C[Si]1(C)c2ccccc2N(c2cc3ncncc3c3ccccc23)c2ccccc21.c1ccc2c(c1)Oc1ccccc1N2c1cc2ncncc2c2ccccc12.c1ccc2c(c1)Oc1ccccc1N2c1ccc(-c2cc3ncncc3c3ccccc23)cc1.c1ccc2c(c1)Sc1ccccc1N2c1cc2ncncc2c2ccccc12. The Bertz CT molecular complexity index is 9240. The van der Waals surface area contributed by atoms with Gasteiger partial charge in [-0.3, -0.25) is 0 Å². The highest BCUT2D eigenvalue weighted by Crippen LogP contribution is 2.59. The first kappa shape index (κ1) is 89.6. The smallest absolute Gasteiger partial charge is 0.151 e. The van der Waals surface area contributed by atoms with Crippen molar-refractivity contribution in [2.75, 3.05) is 24.5 Å². The standard InChI is InChI=1S/C30H19N3O.C27H21N3.C26H21N3Si.C24H15N3O.C24H15N3S/c1-2-8-23-22(7-1)24(17-26-25(23)18-31-19-32-26)20-13-15-21(16-14-20)33-27-9-3-5-11-29(27)34-30-12-6-4-10-28(30)33;1-27(2)21-11-5-7-13-24(21)30(25-14-8-6-12-22(25)27)26-15-23-20(16-28-17-29-23)18-9-3-4-10-19(18)26;1-30(2)25-13-7-5-11-22(25)29(23-12-6-8-14-26(23)30)24-15-21-20(16-27-17-28-21)18-9-3-4-10-19(18)24;2*1-2-8-17-16(7-1)18-14-25-15-26-19(18)13-22(17)27-20-9-3-5-11-23(20)28-24-12-6-4-10-21(24)27/h1-19H;2*3-17H,1-2H3;2*1-15H. The number of nitrogens with zero attached hydrogens (tertiary/aromatic N) is 15. The molecule has 31 rings (SSSR count). The van der Waals surface area contributed by atoms with Crippen LogP contribution in [0.3, 0.4) is 0 Å². The summed E-state index contributed by atoms with van der Waals surface area (Å²) in [4.78, 5) is 58.3. The Morgan fingerprint density at radius 3 is 0.833 bits per heavy atom. The van der Waals surface area contributed by atoms with Crippen LogP contribution < -0.4 is 44.3 Å². The highest BCUT2D eigenvalue weighted by atomic mass is 32.2. The van der Waals surface area contributed by atoms with Crippen molar-refractivity contribution in [1.29, 1.82) is 0 Å². The first-order valence-corrected chi connectivity index (χ1v) is 53.9. The van der Waals surface area contributed by atoms with Gasteiger partial charge in [-0.15, -0.1) is 0 Å². The predicted octanol–water partition coefficient (Wildman–Crippen LogP) is 33.4. The van der Waals surface area contributed by atoms with Gasteiger partial charge in [-0.05, 0) is 204 Å². The number of aromatic nitrogens is 10. The number of rotatable bonds is 6. The molecule has 5 aromatic heterocycles. The van der Waals surface area contributed by atoms with Crippen LogP contribution in [0.1, 0.15) is 25.0 Å². The summed E-state index contributed by atoms with van der Waals surface area (Å²) in [5.41, 5.74) is 26.8. The van der Waals surface area contributed by atoms with Crippen LogP contribution in [-0.4, -0.2) is 57.9 Å². The maximum absolute atomic E-state index is 6.16. The van der Waals surface area contributed by atoms with E-state index in [1.807, 2.05) is 116 Å². The molecule has 26 aromatic rings. The van der Waals surface area contributed by atoms with Gasteiger partial charge in [0.25, 0.3) is 0 Å². The Morgan fingerprint density at radius 2 is 0.473 bits per heavy atom. The Morgan fingerprint density at radius 1 is 0.220 bits per heavy atom. The van der Waals surface area contributed by atoms with Gasteiger partial charge in [-0.25, -0.2) is 49.8 Å². The summed E-state index contributed by atoms with van der Waals surface area (Å²) in [6.07, 6.45) is 17.6. The van der Waals surface area contributed by atoms with Crippen LogP contribution in [0, 0.1) is 0 Å². The molecule has 0 unspecified atom stereocenters. The summed E-state index contributed by atoms with van der Waals surface area (Å²) < 4.78 is 12.3. The molecule has 0 spiro atoms. The van der Waals surface area contributed by atoms with Crippen LogP contribution in [0.2, 0.25) is 13.1 Å². The fourth-order valence-corrected chi connectivity index (χ4v) is 26.7. The molecular formula is C131H91N15O2SSi. The van der Waals surface area contributed by atoms with Crippen molar-refractivity contribution in [3.8, 4) is 34.1 Å². The molecule has 0 fully saturated rings. The van der Waals surface area contributed by atoms with Crippen molar-refractivity contribution in [2.45, 2.75) is 42.1 Å². The van der Waals surface area contributed by atoms with Gasteiger partial charge in [0.15, 0.2) is 23.0 Å². The van der Waals surface area contributed by atoms with E-state index in [1.54, 1.807) is 31.6 Å². The maximum Gasteiger partial charge on any atom is 0.151 e. The molecule has 0 aliphatic carbocycles. The molecule has 10 heterocycles. The van der Waals surface area contributed by atoms with Crippen molar-refractivity contribution in [2.24, 2.45) is 0 Å². The largest absolute Gasteiger partial charge is 0.453 e. The molecule has 0 bridgehead atoms. The van der Waals surface area contributed by atoms with E-state index in [4.69, 9.17) is 9.47 Å². The molecule has 19 heteroatoms.